The molecule has 0 fully saturated rings. The van der Waals surface area contributed by atoms with Crippen LogP contribution >= 0.6 is 34.3 Å². The predicted molar refractivity (Wildman–Crippen MR) is 110 cm³/mol. The molecule has 1 aliphatic heterocycles. The summed E-state index contributed by atoms with van der Waals surface area (Å²) in [6.07, 6.45) is 0. The number of esters is 1. The van der Waals surface area contributed by atoms with Gasteiger partial charge in [-0.1, -0.05) is 23.7 Å². The minimum Gasteiger partial charge on any atom is -0.488 e. The molecule has 5 nitrogen and oxygen atoms in total. The van der Waals surface area contributed by atoms with Crippen molar-refractivity contribution in [3.8, 4) is 16.2 Å². The Morgan fingerprint density at radius 3 is 2.82 bits per heavy atom. The van der Waals surface area contributed by atoms with Gasteiger partial charge in [-0.2, -0.15) is 0 Å². The second-order valence-corrected chi connectivity index (χ2v) is 9.13. The second-order valence-electron chi connectivity index (χ2n) is 6.28. The normalized spacial score (nSPS) is 11.9. The Balaban J connectivity index is 1.38. The van der Waals surface area contributed by atoms with Gasteiger partial charge in [0.15, 0.2) is 6.61 Å². The third kappa shape index (κ3) is 3.92. The van der Waals surface area contributed by atoms with E-state index in [9.17, 15) is 9.59 Å². The molecule has 0 N–H and O–H groups in total. The molecule has 0 atom stereocenters. The Kier molecular flexibility index (Phi) is 5.39. The monoisotopic (exact) mass is 433 g/mol. The summed E-state index contributed by atoms with van der Waals surface area (Å²) in [6, 6.07) is 13.2. The number of hydrogen-bond donors (Lipinski definition) is 0. The molecular weight excluding hydrogens is 418 g/mol. The van der Waals surface area contributed by atoms with Crippen molar-refractivity contribution in [1.82, 2.24) is 4.90 Å². The van der Waals surface area contributed by atoms with E-state index in [1.807, 2.05) is 30.3 Å². The zero-order valence-corrected chi connectivity index (χ0v) is 17.3. The molecule has 8 heteroatoms. The lowest BCUT2D eigenvalue weighted by Crippen LogP contribution is -2.30. The highest BCUT2D eigenvalue weighted by atomic mass is 35.5. The molecule has 3 aromatic rings. The number of hydrogen-bond acceptors (Lipinski definition) is 6. The van der Waals surface area contributed by atoms with E-state index in [1.54, 1.807) is 19.2 Å². The molecule has 144 valence electrons. The maximum absolute atomic E-state index is 12.4. The highest BCUT2D eigenvalue weighted by molar-refractivity contribution is 7.17. The van der Waals surface area contributed by atoms with Crippen LogP contribution < -0.4 is 4.74 Å². The van der Waals surface area contributed by atoms with E-state index in [4.69, 9.17) is 21.1 Å². The van der Waals surface area contributed by atoms with Gasteiger partial charge >= 0.3 is 5.97 Å². The first-order chi connectivity index (χ1) is 13.5. The third-order valence-electron chi connectivity index (χ3n) is 4.30. The molecule has 0 saturated carbocycles. The summed E-state index contributed by atoms with van der Waals surface area (Å²) in [5.74, 6) is 0.0351. The lowest BCUT2D eigenvalue weighted by Gasteiger charge is -2.16. The van der Waals surface area contributed by atoms with Crippen molar-refractivity contribution in [3.05, 3.63) is 62.1 Å². The topological polar surface area (TPSA) is 55.8 Å². The van der Waals surface area contributed by atoms with E-state index in [0.717, 1.165) is 26.6 Å². The van der Waals surface area contributed by atoms with Gasteiger partial charge in [-0.15, -0.1) is 22.7 Å². The number of fused-ring (bicyclic) bond motifs is 3. The number of halogens is 1. The zero-order valence-electron chi connectivity index (χ0n) is 14.9. The smallest absolute Gasteiger partial charge is 0.348 e. The van der Waals surface area contributed by atoms with Crippen molar-refractivity contribution in [1.29, 1.82) is 0 Å². The number of amides is 1. The molecule has 0 radical (unpaired) electrons. The highest BCUT2D eigenvalue weighted by Crippen LogP contribution is 2.42. The van der Waals surface area contributed by atoms with Crippen molar-refractivity contribution in [2.45, 2.75) is 13.2 Å². The minimum absolute atomic E-state index is 0.270. The standard InChI is InChI=1S/C20H16ClNO4S2/c1-22(9-13-6-7-17(21)27-13)18(23)11-26-20(24)16-8-12-10-25-15-5-3-2-4-14(15)19(12)28-16/h2-8H,9-11H2,1H3. The first-order valence-corrected chi connectivity index (χ1v) is 10.5. The molecule has 28 heavy (non-hydrogen) atoms. The number of carbonyl (C=O) groups is 2. The number of thiophene rings is 2. The van der Waals surface area contributed by atoms with Gasteiger partial charge in [0.1, 0.15) is 17.2 Å². The molecule has 3 heterocycles. The van der Waals surface area contributed by atoms with Gasteiger partial charge in [-0.25, -0.2) is 4.79 Å². The molecule has 1 aliphatic rings. The lowest BCUT2D eigenvalue weighted by atomic mass is 10.1. The van der Waals surface area contributed by atoms with Gasteiger partial charge in [-0.3, -0.25) is 4.79 Å². The summed E-state index contributed by atoms with van der Waals surface area (Å²) < 4.78 is 11.6. The number of carbonyl (C=O) groups excluding carboxylic acids is 2. The molecule has 0 saturated heterocycles. The number of nitrogens with zero attached hydrogens (tertiary/aromatic N) is 1. The SMILES string of the molecule is CN(Cc1ccc(Cl)s1)C(=O)COC(=O)c1cc2c(s1)-c1ccccc1OC2. The molecule has 1 aromatic carbocycles. The minimum atomic E-state index is -0.502. The number of likely N-dealkylation sites (N-methyl/N-ethyl adjacent to an activating group) is 1. The Hall–Kier alpha value is -2.35. The lowest BCUT2D eigenvalue weighted by molar-refractivity contribution is -0.133. The number of ether oxygens (including phenoxy) is 2. The largest absolute Gasteiger partial charge is 0.488 e. The van der Waals surface area contributed by atoms with Crippen LogP contribution in [0, 0.1) is 0 Å². The van der Waals surface area contributed by atoms with Crippen LogP contribution in [-0.2, 0) is 22.7 Å². The van der Waals surface area contributed by atoms with Crippen LogP contribution in [0.4, 0.5) is 0 Å². The number of benzene rings is 1. The van der Waals surface area contributed by atoms with Gasteiger partial charge in [0.05, 0.1) is 10.9 Å². The molecular formula is C20H16ClNO4S2. The Labute approximate surface area is 175 Å². The van der Waals surface area contributed by atoms with Gasteiger partial charge < -0.3 is 14.4 Å². The summed E-state index contributed by atoms with van der Waals surface area (Å²) in [6.45, 7) is 0.542. The maximum atomic E-state index is 12.4. The fourth-order valence-corrected chi connectivity index (χ4v) is 5.10. The van der Waals surface area contributed by atoms with Crippen LogP contribution in [0.1, 0.15) is 20.1 Å². The van der Waals surface area contributed by atoms with Crippen LogP contribution in [-0.4, -0.2) is 30.4 Å². The molecule has 0 unspecified atom stereocenters. The van der Waals surface area contributed by atoms with Crippen LogP contribution in [0.15, 0.2) is 42.5 Å². The van der Waals surface area contributed by atoms with E-state index in [-0.39, 0.29) is 12.5 Å². The summed E-state index contributed by atoms with van der Waals surface area (Å²) in [4.78, 5) is 28.6. The fraction of sp³-hybridized carbons (Fsp3) is 0.200. The van der Waals surface area contributed by atoms with E-state index < -0.39 is 5.97 Å². The van der Waals surface area contributed by atoms with E-state index >= 15 is 0 Å². The highest BCUT2D eigenvalue weighted by Gasteiger charge is 2.23. The molecule has 4 rings (SSSR count). The van der Waals surface area contributed by atoms with Crippen LogP contribution in [0.2, 0.25) is 4.34 Å². The Bertz CT molecular complexity index is 1040. The van der Waals surface area contributed by atoms with E-state index in [1.165, 1.54) is 27.6 Å². The molecule has 0 spiro atoms. The predicted octanol–water partition coefficient (Wildman–Crippen LogP) is 4.84. The quantitative estimate of drug-likeness (QED) is 0.540. The van der Waals surface area contributed by atoms with Gasteiger partial charge in [0.25, 0.3) is 5.91 Å². The van der Waals surface area contributed by atoms with Gasteiger partial charge in [0, 0.05) is 27.9 Å². The molecule has 0 aliphatic carbocycles. The molecule has 2 aromatic heterocycles. The Morgan fingerprint density at radius 2 is 2.04 bits per heavy atom. The summed E-state index contributed by atoms with van der Waals surface area (Å²) in [5.41, 5.74) is 1.92. The average Bonchev–Trinajstić information content (AvgIpc) is 3.32. The maximum Gasteiger partial charge on any atom is 0.348 e. The van der Waals surface area contributed by atoms with E-state index in [2.05, 4.69) is 0 Å². The Morgan fingerprint density at radius 1 is 1.21 bits per heavy atom. The van der Waals surface area contributed by atoms with Crippen molar-refractivity contribution in [3.63, 3.8) is 0 Å². The van der Waals surface area contributed by atoms with Crippen LogP contribution in [0.5, 0.6) is 5.75 Å². The zero-order chi connectivity index (χ0) is 19.7. The summed E-state index contributed by atoms with van der Waals surface area (Å²) in [7, 11) is 1.67. The van der Waals surface area contributed by atoms with Gasteiger partial charge in [-0.05, 0) is 30.3 Å². The summed E-state index contributed by atoms with van der Waals surface area (Å²) >= 11 is 8.68. The fourth-order valence-electron chi connectivity index (χ4n) is 2.87. The first kappa shape index (κ1) is 19.0. The third-order valence-corrected chi connectivity index (χ3v) is 6.71. The summed E-state index contributed by atoms with van der Waals surface area (Å²) in [5, 5.41) is 0. The first-order valence-electron chi connectivity index (χ1n) is 8.51. The van der Waals surface area contributed by atoms with Crippen LogP contribution in [0.25, 0.3) is 10.4 Å². The molecule has 1 amide bonds. The van der Waals surface area contributed by atoms with Crippen molar-refractivity contribution in [2.24, 2.45) is 0 Å². The average molecular weight is 434 g/mol. The van der Waals surface area contributed by atoms with Crippen molar-refractivity contribution < 1.29 is 19.1 Å². The number of para-hydroxylation sites is 1. The van der Waals surface area contributed by atoms with E-state index in [0.29, 0.717) is 22.4 Å². The van der Waals surface area contributed by atoms with Crippen LogP contribution in [0.3, 0.4) is 0 Å². The second kappa shape index (κ2) is 7.95. The van der Waals surface area contributed by atoms with Crippen molar-refractivity contribution >= 4 is 46.2 Å². The molecule has 0 bridgehead atoms. The van der Waals surface area contributed by atoms with Crippen molar-refractivity contribution in [2.75, 3.05) is 13.7 Å². The van der Waals surface area contributed by atoms with Gasteiger partial charge in [0.2, 0.25) is 0 Å². The number of rotatable bonds is 5.